The van der Waals surface area contributed by atoms with E-state index in [9.17, 15) is 0 Å². The van der Waals surface area contributed by atoms with Crippen LogP contribution in [0.25, 0.3) is 0 Å². The third-order valence-electron chi connectivity index (χ3n) is 1.91. The molecule has 0 saturated carbocycles. The van der Waals surface area contributed by atoms with Crippen LogP contribution in [0.3, 0.4) is 0 Å². The van der Waals surface area contributed by atoms with E-state index in [1.807, 2.05) is 18.5 Å². The van der Waals surface area contributed by atoms with Gasteiger partial charge in [0.2, 0.25) is 0 Å². The first-order valence-electron chi connectivity index (χ1n) is 4.28. The van der Waals surface area contributed by atoms with Gasteiger partial charge in [0.25, 0.3) is 0 Å². The minimum Gasteiger partial charge on any atom is -0.384 e. The molecule has 0 fully saturated rings. The Labute approximate surface area is 90.9 Å². The Hall–Kier alpha value is -1.63. The van der Waals surface area contributed by atoms with Gasteiger partial charge < -0.3 is 10.3 Å². The fourth-order valence-corrected chi connectivity index (χ4v) is 1.80. The quantitative estimate of drug-likeness (QED) is 0.751. The van der Waals surface area contributed by atoms with Crippen LogP contribution in [0.2, 0.25) is 0 Å². The molecule has 2 heterocycles. The smallest absolute Gasteiger partial charge is 0.197 e. The molecule has 0 aliphatic carbocycles. The lowest BCUT2D eigenvalue weighted by atomic mass is 10.6. The molecule has 0 amide bonds. The summed E-state index contributed by atoms with van der Waals surface area (Å²) < 4.78 is 1.89. The zero-order valence-electron chi connectivity index (χ0n) is 8.38. The van der Waals surface area contributed by atoms with Crippen molar-refractivity contribution >= 4 is 17.6 Å². The third kappa shape index (κ3) is 2.07. The molecule has 0 aromatic carbocycles. The second-order valence-corrected chi connectivity index (χ2v) is 3.96. The van der Waals surface area contributed by atoms with Gasteiger partial charge in [-0.1, -0.05) is 0 Å². The van der Waals surface area contributed by atoms with Crippen LogP contribution >= 0.6 is 11.8 Å². The molecule has 0 spiro atoms. The zero-order valence-corrected chi connectivity index (χ0v) is 9.19. The minimum absolute atomic E-state index is 0.450. The maximum Gasteiger partial charge on any atom is 0.197 e. The predicted octanol–water partition coefficient (Wildman–Crippen LogP) is 0.647. The number of nitrogen functional groups attached to an aromatic ring is 1. The van der Waals surface area contributed by atoms with Gasteiger partial charge in [-0.2, -0.15) is 0 Å². The van der Waals surface area contributed by atoms with Gasteiger partial charge in [-0.15, -0.1) is 10.2 Å². The van der Waals surface area contributed by atoms with E-state index in [0.717, 1.165) is 16.0 Å². The van der Waals surface area contributed by atoms with Crippen LogP contribution in [0.4, 0.5) is 5.82 Å². The van der Waals surface area contributed by atoms with E-state index < -0.39 is 0 Å². The maximum atomic E-state index is 5.55. The molecule has 0 atom stereocenters. The van der Waals surface area contributed by atoms with Crippen LogP contribution in [-0.2, 0) is 7.05 Å². The second kappa shape index (κ2) is 3.85. The van der Waals surface area contributed by atoms with E-state index in [1.165, 1.54) is 18.1 Å². The molecule has 0 radical (unpaired) electrons. The number of anilines is 1. The molecule has 0 bridgehead atoms. The average molecular weight is 222 g/mol. The van der Waals surface area contributed by atoms with E-state index in [2.05, 4.69) is 20.2 Å². The molecule has 0 saturated heterocycles. The Kier molecular flexibility index (Phi) is 2.55. The molecule has 0 aliphatic rings. The fraction of sp³-hybridized carbons (Fsp3) is 0.250. The number of aromatic nitrogens is 5. The number of nitrogens with two attached hydrogens (primary N) is 1. The van der Waals surface area contributed by atoms with Crippen molar-refractivity contribution in [3.8, 4) is 0 Å². The van der Waals surface area contributed by atoms with Gasteiger partial charge in [-0.05, 0) is 18.7 Å². The van der Waals surface area contributed by atoms with E-state index >= 15 is 0 Å². The fourth-order valence-electron chi connectivity index (χ4n) is 0.979. The summed E-state index contributed by atoms with van der Waals surface area (Å²) in [5, 5.41) is 9.51. The molecular formula is C8H10N6S. The second-order valence-electron chi connectivity index (χ2n) is 2.97. The number of hydrogen-bond donors (Lipinski definition) is 1. The molecule has 15 heavy (non-hydrogen) atoms. The van der Waals surface area contributed by atoms with Crippen molar-refractivity contribution in [2.75, 3.05) is 5.73 Å². The van der Waals surface area contributed by atoms with Crippen LogP contribution < -0.4 is 5.73 Å². The molecule has 2 aromatic heterocycles. The van der Waals surface area contributed by atoms with Gasteiger partial charge in [-0.3, -0.25) is 0 Å². The lowest BCUT2D eigenvalue weighted by Crippen LogP contribution is -1.95. The molecular weight excluding hydrogens is 212 g/mol. The van der Waals surface area contributed by atoms with E-state index in [0.29, 0.717) is 5.82 Å². The number of rotatable bonds is 2. The molecule has 2 rings (SSSR count). The van der Waals surface area contributed by atoms with Gasteiger partial charge in [0.05, 0.1) is 0 Å². The first kappa shape index (κ1) is 9.91. The highest BCUT2D eigenvalue weighted by Crippen LogP contribution is 2.24. The van der Waals surface area contributed by atoms with Gasteiger partial charge in [0.1, 0.15) is 23.0 Å². The molecule has 6 nitrogen and oxygen atoms in total. The summed E-state index contributed by atoms with van der Waals surface area (Å²) in [5.74, 6) is 1.31. The van der Waals surface area contributed by atoms with Crippen molar-refractivity contribution in [2.24, 2.45) is 7.05 Å². The highest BCUT2D eigenvalue weighted by molar-refractivity contribution is 7.99. The standard InChI is InChI=1S/C8H10N6S/c1-5-12-13-8(14(5)2)15-7-3-6(9)10-4-11-7/h3-4H,1-2H3,(H2,9,10,11). The molecule has 2 N–H and O–H groups in total. The summed E-state index contributed by atoms with van der Waals surface area (Å²) in [6.45, 7) is 1.89. The van der Waals surface area contributed by atoms with Gasteiger partial charge in [-0.25, -0.2) is 9.97 Å². The lowest BCUT2D eigenvalue weighted by Gasteiger charge is -2.00. The largest absolute Gasteiger partial charge is 0.384 e. The monoisotopic (exact) mass is 222 g/mol. The van der Waals surface area contributed by atoms with Crippen molar-refractivity contribution in [2.45, 2.75) is 17.1 Å². The van der Waals surface area contributed by atoms with Crippen LogP contribution in [0.1, 0.15) is 5.82 Å². The highest BCUT2D eigenvalue weighted by Gasteiger charge is 2.07. The van der Waals surface area contributed by atoms with Crippen LogP contribution in [0.15, 0.2) is 22.6 Å². The van der Waals surface area contributed by atoms with Crippen LogP contribution in [0, 0.1) is 6.92 Å². The minimum atomic E-state index is 0.450. The van der Waals surface area contributed by atoms with Crippen molar-refractivity contribution in [3.05, 3.63) is 18.2 Å². The molecule has 78 valence electrons. The molecule has 0 unspecified atom stereocenters. The zero-order chi connectivity index (χ0) is 10.8. The van der Waals surface area contributed by atoms with Crippen LogP contribution in [0.5, 0.6) is 0 Å². The van der Waals surface area contributed by atoms with Crippen molar-refractivity contribution in [3.63, 3.8) is 0 Å². The summed E-state index contributed by atoms with van der Waals surface area (Å²) >= 11 is 1.41. The maximum absolute atomic E-state index is 5.55. The summed E-state index contributed by atoms with van der Waals surface area (Å²) in [6.07, 6.45) is 1.43. The summed E-state index contributed by atoms with van der Waals surface area (Å²) in [7, 11) is 1.90. The molecule has 0 aliphatic heterocycles. The first-order valence-corrected chi connectivity index (χ1v) is 5.10. The first-order chi connectivity index (χ1) is 7.16. The Morgan fingerprint density at radius 1 is 1.33 bits per heavy atom. The van der Waals surface area contributed by atoms with Crippen LogP contribution in [-0.4, -0.2) is 24.7 Å². The Bertz CT molecular complexity index is 480. The normalized spacial score (nSPS) is 10.5. The van der Waals surface area contributed by atoms with E-state index in [-0.39, 0.29) is 0 Å². The van der Waals surface area contributed by atoms with Crippen molar-refractivity contribution < 1.29 is 0 Å². The van der Waals surface area contributed by atoms with Crippen molar-refractivity contribution in [1.82, 2.24) is 24.7 Å². The van der Waals surface area contributed by atoms with Gasteiger partial charge >= 0.3 is 0 Å². The van der Waals surface area contributed by atoms with Crippen molar-refractivity contribution in [1.29, 1.82) is 0 Å². The summed E-state index contributed by atoms with van der Waals surface area (Å²) in [6, 6.07) is 1.70. The SMILES string of the molecule is Cc1nnc(Sc2cc(N)ncn2)n1C. The number of hydrogen-bond acceptors (Lipinski definition) is 6. The third-order valence-corrected chi connectivity index (χ3v) is 2.88. The average Bonchev–Trinajstić information content (AvgIpc) is 2.50. The topological polar surface area (TPSA) is 82.5 Å². The number of aryl methyl sites for hydroxylation is 1. The molecule has 2 aromatic rings. The predicted molar refractivity (Wildman–Crippen MR) is 56.3 cm³/mol. The molecule has 7 heteroatoms. The highest BCUT2D eigenvalue weighted by atomic mass is 32.2. The van der Waals surface area contributed by atoms with E-state index in [1.54, 1.807) is 6.07 Å². The van der Waals surface area contributed by atoms with Gasteiger partial charge in [0, 0.05) is 13.1 Å². The Morgan fingerprint density at radius 2 is 2.13 bits per heavy atom. The van der Waals surface area contributed by atoms with Gasteiger partial charge in [0.15, 0.2) is 5.16 Å². The summed E-state index contributed by atoms with van der Waals surface area (Å²) in [5.41, 5.74) is 5.55. The Balaban J connectivity index is 2.26. The Morgan fingerprint density at radius 3 is 2.73 bits per heavy atom. The lowest BCUT2D eigenvalue weighted by molar-refractivity contribution is 0.764. The summed E-state index contributed by atoms with van der Waals surface area (Å²) in [4.78, 5) is 7.90. The number of nitrogens with zero attached hydrogens (tertiary/aromatic N) is 5. The van der Waals surface area contributed by atoms with E-state index in [4.69, 9.17) is 5.73 Å².